The van der Waals surface area contributed by atoms with Crippen molar-refractivity contribution in [1.82, 2.24) is 20.0 Å². The van der Waals surface area contributed by atoms with E-state index in [9.17, 15) is 4.79 Å². The van der Waals surface area contributed by atoms with E-state index in [-0.39, 0.29) is 5.91 Å². The molecule has 0 aliphatic carbocycles. The number of aromatic nitrogens is 2. The van der Waals surface area contributed by atoms with Crippen LogP contribution in [0.4, 0.5) is 0 Å². The summed E-state index contributed by atoms with van der Waals surface area (Å²) in [6, 6.07) is 18.2. The molecule has 0 saturated carbocycles. The lowest BCUT2D eigenvalue weighted by atomic mass is 10.1. The van der Waals surface area contributed by atoms with Gasteiger partial charge >= 0.3 is 0 Å². The van der Waals surface area contributed by atoms with Gasteiger partial charge in [0.15, 0.2) is 0 Å². The minimum atomic E-state index is 0.110. The zero-order chi connectivity index (χ0) is 21.5. The van der Waals surface area contributed by atoms with Gasteiger partial charge in [0.2, 0.25) is 11.8 Å². The highest BCUT2D eigenvalue weighted by atomic mass is 32.2. The van der Waals surface area contributed by atoms with E-state index in [0.29, 0.717) is 23.3 Å². The molecule has 1 amide bonds. The highest BCUT2D eigenvalue weighted by Gasteiger charge is 2.22. The van der Waals surface area contributed by atoms with Gasteiger partial charge < -0.3 is 14.1 Å². The van der Waals surface area contributed by atoms with E-state index in [1.807, 2.05) is 35.2 Å². The van der Waals surface area contributed by atoms with Gasteiger partial charge in [-0.25, -0.2) is 0 Å². The van der Waals surface area contributed by atoms with E-state index in [1.54, 1.807) is 7.11 Å². The Hall–Kier alpha value is -2.84. The fourth-order valence-electron chi connectivity index (χ4n) is 3.50. The molecule has 4 rings (SSSR count). The van der Waals surface area contributed by atoms with E-state index < -0.39 is 0 Å². The third kappa shape index (κ3) is 6.08. The molecule has 2 aromatic carbocycles. The third-order valence-electron chi connectivity index (χ3n) is 5.26. The predicted molar refractivity (Wildman–Crippen MR) is 119 cm³/mol. The van der Waals surface area contributed by atoms with Crippen molar-refractivity contribution in [3.05, 3.63) is 71.6 Å². The van der Waals surface area contributed by atoms with Crippen molar-refractivity contribution in [2.45, 2.75) is 18.2 Å². The van der Waals surface area contributed by atoms with Gasteiger partial charge in [0.25, 0.3) is 5.22 Å². The summed E-state index contributed by atoms with van der Waals surface area (Å²) in [6.07, 6.45) is 0.550. The number of benzene rings is 2. The molecule has 1 aromatic heterocycles. The first kappa shape index (κ1) is 21.4. The topological polar surface area (TPSA) is 71.7 Å². The van der Waals surface area contributed by atoms with Crippen molar-refractivity contribution < 1.29 is 13.9 Å². The lowest BCUT2D eigenvalue weighted by Gasteiger charge is -2.34. The number of carbonyl (C=O) groups excluding carboxylic acids is 1. The average Bonchev–Trinajstić information content (AvgIpc) is 3.26. The number of thioether (sulfide) groups is 1. The number of methoxy groups -OCH3 is 1. The maximum absolute atomic E-state index is 12.6. The summed E-state index contributed by atoms with van der Waals surface area (Å²) < 4.78 is 10.9. The Kier molecular flexibility index (Phi) is 7.22. The molecule has 1 saturated heterocycles. The number of hydrogen-bond donors (Lipinski definition) is 0. The fourth-order valence-corrected chi connectivity index (χ4v) is 4.18. The molecule has 2 heterocycles. The number of carbonyl (C=O) groups is 1. The molecular formula is C23H26N4O3S. The number of piperazine rings is 1. The minimum Gasteiger partial charge on any atom is -0.497 e. The largest absolute Gasteiger partial charge is 0.497 e. The molecule has 1 aliphatic heterocycles. The Labute approximate surface area is 186 Å². The van der Waals surface area contributed by atoms with Crippen molar-refractivity contribution in [3.8, 4) is 5.75 Å². The molecule has 0 unspecified atom stereocenters. The SMILES string of the molecule is COc1ccc(Cc2nnc(SCC(=O)N3CCN(Cc4ccccc4)CC3)o2)cc1. The summed E-state index contributed by atoms with van der Waals surface area (Å²) in [4.78, 5) is 16.9. The van der Waals surface area contributed by atoms with Gasteiger partial charge in [-0.15, -0.1) is 10.2 Å². The second-order valence-corrected chi connectivity index (χ2v) is 8.34. The molecule has 7 nitrogen and oxygen atoms in total. The quantitative estimate of drug-likeness (QED) is 0.501. The van der Waals surface area contributed by atoms with E-state index in [1.165, 1.54) is 17.3 Å². The number of hydrogen-bond acceptors (Lipinski definition) is 7. The summed E-state index contributed by atoms with van der Waals surface area (Å²) >= 11 is 1.30. The van der Waals surface area contributed by atoms with Crippen molar-refractivity contribution in [1.29, 1.82) is 0 Å². The van der Waals surface area contributed by atoms with Crippen LogP contribution in [0.2, 0.25) is 0 Å². The Bertz CT molecular complexity index is 970. The standard InChI is InChI=1S/C23H26N4O3S/c1-29-20-9-7-18(8-10-20)15-21-24-25-23(30-21)31-17-22(28)27-13-11-26(12-14-27)16-19-5-3-2-4-6-19/h2-10H,11-17H2,1H3. The van der Waals surface area contributed by atoms with Crippen LogP contribution in [0, 0.1) is 0 Å². The molecule has 1 fully saturated rings. The number of amides is 1. The second kappa shape index (κ2) is 10.5. The van der Waals surface area contributed by atoms with Gasteiger partial charge in [-0.2, -0.15) is 0 Å². The highest BCUT2D eigenvalue weighted by Crippen LogP contribution is 2.20. The van der Waals surface area contributed by atoms with Gasteiger partial charge in [0.1, 0.15) is 5.75 Å². The molecule has 31 heavy (non-hydrogen) atoms. The Morgan fingerprint density at radius 1 is 1.00 bits per heavy atom. The van der Waals surface area contributed by atoms with Gasteiger partial charge in [-0.3, -0.25) is 9.69 Å². The number of ether oxygens (including phenoxy) is 1. The summed E-state index contributed by atoms with van der Waals surface area (Å²) in [7, 11) is 1.64. The van der Waals surface area contributed by atoms with Crippen LogP contribution in [0.5, 0.6) is 5.75 Å². The zero-order valence-electron chi connectivity index (χ0n) is 17.6. The minimum absolute atomic E-state index is 0.110. The molecule has 0 radical (unpaired) electrons. The van der Waals surface area contributed by atoms with Gasteiger partial charge in [0.05, 0.1) is 19.3 Å². The van der Waals surface area contributed by atoms with E-state index in [2.05, 4.69) is 39.4 Å². The summed E-state index contributed by atoms with van der Waals surface area (Å²) in [6.45, 7) is 4.20. The summed E-state index contributed by atoms with van der Waals surface area (Å²) in [5.41, 5.74) is 2.37. The van der Waals surface area contributed by atoms with E-state index in [4.69, 9.17) is 9.15 Å². The smallest absolute Gasteiger partial charge is 0.277 e. The molecule has 3 aromatic rings. The highest BCUT2D eigenvalue weighted by molar-refractivity contribution is 7.99. The summed E-state index contributed by atoms with van der Waals surface area (Å²) in [5, 5.41) is 8.59. The van der Waals surface area contributed by atoms with Crippen molar-refractivity contribution in [2.75, 3.05) is 39.0 Å². The summed E-state index contributed by atoms with van der Waals surface area (Å²) in [5.74, 6) is 1.77. The van der Waals surface area contributed by atoms with Crippen LogP contribution >= 0.6 is 11.8 Å². The van der Waals surface area contributed by atoms with Crippen LogP contribution in [0.15, 0.2) is 64.2 Å². The van der Waals surface area contributed by atoms with Gasteiger partial charge in [-0.05, 0) is 23.3 Å². The van der Waals surface area contributed by atoms with Gasteiger partial charge in [0, 0.05) is 32.7 Å². The van der Waals surface area contributed by atoms with Crippen LogP contribution in [-0.4, -0.2) is 64.9 Å². The Morgan fingerprint density at radius 2 is 1.74 bits per heavy atom. The average molecular weight is 439 g/mol. The first-order valence-corrected chi connectivity index (χ1v) is 11.3. The van der Waals surface area contributed by atoms with Crippen LogP contribution in [0.25, 0.3) is 0 Å². The Balaban J connectivity index is 1.20. The van der Waals surface area contributed by atoms with Crippen LogP contribution in [-0.2, 0) is 17.8 Å². The lowest BCUT2D eigenvalue weighted by Crippen LogP contribution is -2.48. The first-order chi connectivity index (χ1) is 15.2. The van der Waals surface area contributed by atoms with Crippen molar-refractivity contribution >= 4 is 17.7 Å². The van der Waals surface area contributed by atoms with Crippen LogP contribution in [0.1, 0.15) is 17.0 Å². The number of nitrogens with zero attached hydrogens (tertiary/aromatic N) is 4. The zero-order valence-corrected chi connectivity index (χ0v) is 18.4. The van der Waals surface area contributed by atoms with E-state index >= 15 is 0 Å². The molecule has 0 spiro atoms. The maximum Gasteiger partial charge on any atom is 0.277 e. The number of rotatable bonds is 8. The monoisotopic (exact) mass is 438 g/mol. The van der Waals surface area contributed by atoms with Crippen molar-refractivity contribution in [3.63, 3.8) is 0 Å². The molecule has 8 heteroatoms. The molecule has 162 valence electrons. The van der Waals surface area contributed by atoms with Crippen LogP contribution in [0.3, 0.4) is 0 Å². The maximum atomic E-state index is 12.6. The molecule has 0 bridgehead atoms. The first-order valence-electron chi connectivity index (χ1n) is 10.3. The molecular weight excluding hydrogens is 412 g/mol. The second-order valence-electron chi connectivity index (χ2n) is 7.42. The Morgan fingerprint density at radius 3 is 2.45 bits per heavy atom. The molecule has 1 aliphatic rings. The van der Waals surface area contributed by atoms with E-state index in [0.717, 1.165) is 44.0 Å². The molecule has 0 atom stereocenters. The lowest BCUT2D eigenvalue weighted by molar-refractivity contribution is -0.130. The van der Waals surface area contributed by atoms with Crippen LogP contribution < -0.4 is 4.74 Å². The van der Waals surface area contributed by atoms with Gasteiger partial charge in [-0.1, -0.05) is 54.2 Å². The predicted octanol–water partition coefficient (Wildman–Crippen LogP) is 3.11. The molecule has 0 N–H and O–H groups in total. The normalized spacial score (nSPS) is 14.5. The van der Waals surface area contributed by atoms with Crippen molar-refractivity contribution in [2.24, 2.45) is 0 Å². The third-order valence-corrected chi connectivity index (χ3v) is 6.06. The fraction of sp³-hybridized carbons (Fsp3) is 0.348.